The highest BCUT2D eigenvalue weighted by Crippen LogP contribution is 2.47. The lowest BCUT2D eigenvalue weighted by Gasteiger charge is -2.16. The van der Waals surface area contributed by atoms with Crippen molar-refractivity contribution in [2.45, 2.75) is 0 Å². The van der Waals surface area contributed by atoms with Crippen molar-refractivity contribution in [3.8, 4) is 28.3 Å². The molecule has 3 heterocycles. The van der Waals surface area contributed by atoms with Crippen molar-refractivity contribution >= 4 is 97.7 Å². The molecule has 0 spiro atoms. The summed E-state index contributed by atoms with van der Waals surface area (Å²) < 4.78 is 8.56. The number of aromatic nitrogens is 3. The topological polar surface area (TPSA) is 43.9 Å². The molecule has 13 aromatic rings. The van der Waals surface area contributed by atoms with Crippen molar-refractivity contribution in [3.05, 3.63) is 188 Å². The predicted octanol–water partition coefficient (Wildman–Crippen LogP) is 14.6. The summed E-state index contributed by atoms with van der Waals surface area (Å²) in [6, 6.07) is 67.3. The van der Waals surface area contributed by atoms with Crippen LogP contribution < -0.4 is 0 Å². The van der Waals surface area contributed by atoms with Crippen molar-refractivity contribution < 1.29 is 4.42 Å². The Morgan fingerprint density at radius 1 is 0.379 bits per heavy atom. The second-order valence-corrected chi connectivity index (χ2v) is 15.3. The van der Waals surface area contributed by atoms with Crippen molar-refractivity contribution in [2.24, 2.45) is 0 Å². The van der Waals surface area contributed by atoms with E-state index in [1.54, 1.807) is 0 Å². The largest absolute Gasteiger partial charge is 0.456 e. The monoisotopic (exact) mass is 737 g/mol. The van der Waals surface area contributed by atoms with Crippen LogP contribution in [0.25, 0.3) is 126 Å². The van der Waals surface area contributed by atoms with Crippen LogP contribution in [0.4, 0.5) is 0 Å². The summed E-state index contributed by atoms with van der Waals surface area (Å²) >= 11 is 0. The molecule has 0 saturated heterocycles. The molecule has 0 fully saturated rings. The highest BCUT2D eigenvalue weighted by molar-refractivity contribution is 6.38. The molecule has 0 bridgehead atoms. The van der Waals surface area contributed by atoms with E-state index >= 15 is 0 Å². The highest BCUT2D eigenvalue weighted by atomic mass is 16.3. The lowest BCUT2D eigenvalue weighted by atomic mass is 9.88. The number of rotatable bonds is 3. The molecule has 0 unspecified atom stereocenters. The normalized spacial score (nSPS) is 12.1. The summed E-state index contributed by atoms with van der Waals surface area (Å²) in [7, 11) is 0. The highest BCUT2D eigenvalue weighted by Gasteiger charge is 2.24. The summed E-state index contributed by atoms with van der Waals surface area (Å²) in [5.41, 5.74) is 9.22. The van der Waals surface area contributed by atoms with Gasteiger partial charge in [-0.3, -0.25) is 4.57 Å². The van der Waals surface area contributed by atoms with Gasteiger partial charge in [0.2, 0.25) is 5.95 Å². The van der Waals surface area contributed by atoms with E-state index in [1.165, 1.54) is 54.0 Å². The van der Waals surface area contributed by atoms with E-state index in [4.69, 9.17) is 14.4 Å². The van der Waals surface area contributed by atoms with Crippen LogP contribution in [0, 0.1) is 0 Å². The molecule has 4 heteroatoms. The lowest BCUT2D eigenvalue weighted by molar-refractivity contribution is 0.669. The average Bonchev–Trinajstić information content (AvgIpc) is 3.84. The molecule has 0 aliphatic carbocycles. The second-order valence-electron chi connectivity index (χ2n) is 15.3. The standard InChI is InChI=1S/C54H31N3O/c1-2-14-33-29-35(26-25-32(33)13-1)52-41-20-7-10-22-46(41)55-54(56-52)57-47-23-11-8-21-42(47)51-50-39-18-5-3-15-36(39)43(31-45(50)37-16-4-6-19-40(37)53(51)57)34-27-28-49-44(30-34)38-17-9-12-24-48(38)58-49/h1-31H. The van der Waals surface area contributed by atoms with Gasteiger partial charge in [-0.15, -0.1) is 0 Å². The fourth-order valence-corrected chi connectivity index (χ4v) is 9.59. The van der Waals surface area contributed by atoms with Gasteiger partial charge >= 0.3 is 0 Å². The van der Waals surface area contributed by atoms with Crippen molar-refractivity contribution in [3.63, 3.8) is 0 Å². The molecule has 0 saturated carbocycles. The summed E-state index contributed by atoms with van der Waals surface area (Å²) in [6.07, 6.45) is 0. The van der Waals surface area contributed by atoms with Crippen molar-refractivity contribution in [1.29, 1.82) is 0 Å². The molecule has 0 amide bonds. The molecule has 10 aromatic carbocycles. The van der Waals surface area contributed by atoms with Gasteiger partial charge in [0, 0.05) is 43.3 Å². The number of para-hydroxylation sites is 3. The molecule has 268 valence electrons. The maximum absolute atomic E-state index is 6.25. The first-order valence-electron chi connectivity index (χ1n) is 19.7. The van der Waals surface area contributed by atoms with Crippen molar-refractivity contribution in [2.75, 3.05) is 0 Å². The average molecular weight is 738 g/mol. The van der Waals surface area contributed by atoms with Gasteiger partial charge in [0.1, 0.15) is 11.2 Å². The molecule has 13 rings (SSSR count). The molecule has 0 aliphatic rings. The van der Waals surface area contributed by atoms with Gasteiger partial charge in [0.25, 0.3) is 0 Å². The maximum atomic E-state index is 6.25. The Hall–Kier alpha value is -7.82. The molecule has 0 N–H and O–H groups in total. The third-order valence-corrected chi connectivity index (χ3v) is 12.1. The van der Waals surface area contributed by atoms with Crippen LogP contribution in [0.2, 0.25) is 0 Å². The van der Waals surface area contributed by atoms with E-state index in [1.807, 2.05) is 12.1 Å². The SMILES string of the molecule is c1ccc2cc(-c3nc(-n4c5ccccc5c5c6c7ccccc7c(-c7ccc8oc9ccccc9c8c7)cc6c6ccccc6c54)nc4ccccc34)ccc2c1. The zero-order chi connectivity index (χ0) is 37.9. The molecule has 0 radical (unpaired) electrons. The Bertz CT molecular complexity index is 3870. The Balaban J connectivity index is 1.16. The zero-order valence-electron chi connectivity index (χ0n) is 31.1. The smallest absolute Gasteiger partial charge is 0.235 e. The van der Waals surface area contributed by atoms with E-state index in [9.17, 15) is 0 Å². The lowest BCUT2D eigenvalue weighted by Crippen LogP contribution is -2.04. The molecule has 0 aliphatic heterocycles. The van der Waals surface area contributed by atoms with Gasteiger partial charge in [-0.1, -0.05) is 146 Å². The summed E-state index contributed by atoms with van der Waals surface area (Å²) in [4.78, 5) is 10.9. The third-order valence-electron chi connectivity index (χ3n) is 12.1. The molecule has 58 heavy (non-hydrogen) atoms. The number of benzene rings is 10. The van der Waals surface area contributed by atoms with E-state index in [0.717, 1.165) is 66.1 Å². The van der Waals surface area contributed by atoms with Crippen LogP contribution >= 0.6 is 0 Å². The van der Waals surface area contributed by atoms with Crippen LogP contribution in [0.5, 0.6) is 0 Å². The minimum absolute atomic E-state index is 0.652. The van der Waals surface area contributed by atoms with Gasteiger partial charge in [0.15, 0.2) is 0 Å². The van der Waals surface area contributed by atoms with Crippen LogP contribution in [-0.2, 0) is 0 Å². The Labute approximate surface area is 331 Å². The minimum atomic E-state index is 0.652. The van der Waals surface area contributed by atoms with Gasteiger partial charge in [-0.05, 0) is 85.9 Å². The first-order valence-corrected chi connectivity index (χ1v) is 19.7. The fourth-order valence-electron chi connectivity index (χ4n) is 9.59. The fraction of sp³-hybridized carbons (Fsp3) is 0. The quantitative estimate of drug-likeness (QED) is 0.170. The Morgan fingerprint density at radius 2 is 1.03 bits per heavy atom. The van der Waals surface area contributed by atoms with Gasteiger partial charge in [-0.2, -0.15) is 0 Å². The van der Waals surface area contributed by atoms with Gasteiger partial charge in [-0.25, -0.2) is 9.97 Å². The maximum Gasteiger partial charge on any atom is 0.235 e. The Kier molecular flexibility index (Phi) is 6.41. The summed E-state index contributed by atoms with van der Waals surface area (Å²) in [6.45, 7) is 0. The Morgan fingerprint density at radius 3 is 1.91 bits per heavy atom. The number of furan rings is 1. The molecule has 3 aromatic heterocycles. The molecular formula is C54H31N3O. The van der Waals surface area contributed by atoms with Gasteiger partial charge < -0.3 is 4.42 Å². The van der Waals surface area contributed by atoms with E-state index in [-0.39, 0.29) is 0 Å². The van der Waals surface area contributed by atoms with E-state index in [0.29, 0.717) is 5.95 Å². The molecule has 0 atom stereocenters. The van der Waals surface area contributed by atoms with E-state index < -0.39 is 0 Å². The van der Waals surface area contributed by atoms with Gasteiger partial charge in [0.05, 0.1) is 22.2 Å². The number of hydrogen-bond donors (Lipinski definition) is 0. The molecular weight excluding hydrogens is 707 g/mol. The first-order chi connectivity index (χ1) is 28.8. The van der Waals surface area contributed by atoms with E-state index in [2.05, 4.69) is 180 Å². The number of hydrogen-bond acceptors (Lipinski definition) is 3. The molecule has 4 nitrogen and oxygen atoms in total. The first kappa shape index (κ1) is 31.4. The summed E-state index contributed by atoms with van der Waals surface area (Å²) in [5, 5.41) is 15.2. The van der Waals surface area contributed by atoms with Crippen molar-refractivity contribution in [1.82, 2.24) is 14.5 Å². The zero-order valence-corrected chi connectivity index (χ0v) is 31.1. The second kappa shape index (κ2) is 11.8. The number of fused-ring (bicyclic) bond motifs is 15. The summed E-state index contributed by atoms with van der Waals surface area (Å²) in [5.74, 6) is 0.652. The third kappa shape index (κ3) is 4.40. The number of nitrogens with zero attached hydrogens (tertiary/aromatic N) is 3. The van der Waals surface area contributed by atoms with Crippen LogP contribution in [-0.4, -0.2) is 14.5 Å². The van der Waals surface area contributed by atoms with Crippen LogP contribution in [0.3, 0.4) is 0 Å². The van der Waals surface area contributed by atoms with Crippen LogP contribution in [0.1, 0.15) is 0 Å². The predicted molar refractivity (Wildman–Crippen MR) is 242 cm³/mol. The van der Waals surface area contributed by atoms with Crippen LogP contribution in [0.15, 0.2) is 192 Å². The minimum Gasteiger partial charge on any atom is -0.456 e.